The third-order valence-electron chi connectivity index (χ3n) is 4.36. The highest BCUT2D eigenvalue weighted by molar-refractivity contribution is 8.08. The first-order valence-corrected chi connectivity index (χ1v) is 11.2. The van der Waals surface area contributed by atoms with Gasteiger partial charge in [0.05, 0.1) is 5.25 Å². The van der Waals surface area contributed by atoms with E-state index < -0.39 is 16.1 Å². The lowest BCUT2D eigenvalue weighted by Gasteiger charge is -2.23. The van der Waals surface area contributed by atoms with Crippen LogP contribution in [0.5, 0.6) is 0 Å². The maximum absolute atomic E-state index is 12.8. The normalized spacial score (nSPS) is 18.8. The second kappa shape index (κ2) is 11.2. The molecular weight excluding hydrogens is 348 g/mol. The van der Waals surface area contributed by atoms with Gasteiger partial charge in [0.1, 0.15) is 0 Å². The zero-order valence-electron chi connectivity index (χ0n) is 15.2. The molecule has 0 aliphatic heterocycles. The molecule has 1 rings (SSSR count). The number of carbonyl (C=O) groups excluding carboxylic acids is 1. The summed E-state index contributed by atoms with van der Waals surface area (Å²) in [6, 6.07) is 0. The molecular formula is C16H32N2O4S2. The van der Waals surface area contributed by atoms with Gasteiger partial charge in [0.15, 0.2) is 5.94 Å². The van der Waals surface area contributed by atoms with E-state index in [9.17, 15) is 13.2 Å². The molecule has 1 saturated carbocycles. The number of sulfonamides is 1. The molecule has 0 unspecified atom stereocenters. The maximum atomic E-state index is 12.8. The Balaban J connectivity index is 2.55. The summed E-state index contributed by atoms with van der Waals surface area (Å²) in [5, 5.41) is -0.322. The van der Waals surface area contributed by atoms with E-state index in [1.165, 1.54) is 34.3 Å². The minimum atomic E-state index is -3.37. The van der Waals surface area contributed by atoms with E-state index in [-0.39, 0.29) is 11.2 Å². The van der Waals surface area contributed by atoms with E-state index in [1.54, 1.807) is 21.1 Å². The monoisotopic (exact) mass is 380 g/mol. The fourth-order valence-corrected chi connectivity index (χ4v) is 5.54. The lowest BCUT2D eigenvalue weighted by atomic mass is 10.1. The SMILES string of the molecule is CN(C)C(=O)OCSN(C)S(=O)(=O)C1CCCCCCCCCC1. The van der Waals surface area contributed by atoms with Crippen molar-refractivity contribution < 1.29 is 17.9 Å². The van der Waals surface area contributed by atoms with Crippen molar-refractivity contribution in [1.29, 1.82) is 0 Å². The van der Waals surface area contributed by atoms with Crippen LogP contribution in [0, 0.1) is 0 Å². The molecule has 0 aromatic rings. The molecule has 0 bridgehead atoms. The second-order valence-electron chi connectivity index (χ2n) is 6.53. The van der Waals surface area contributed by atoms with Gasteiger partial charge >= 0.3 is 6.09 Å². The lowest BCUT2D eigenvalue weighted by molar-refractivity contribution is 0.136. The third kappa shape index (κ3) is 7.61. The molecule has 0 N–H and O–H groups in total. The van der Waals surface area contributed by atoms with Gasteiger partial charge in [-0.25, -0.2) is 13.2 Å². The maximum Gasteiger partial charge on any atom is 0.410 e. The molecule has 0 spiro atoms. The average molecular weight is 381 g/mol. The molecule has 8 heteroatoms. The van der Waals surface area contributed by atoms with Crippen molar-refractivity contribution >= 4 is 28.1 Å². The smallest absolute Gasteiger partial charge is 0.410 e. The standard InChI is InChI=1S/C16H32N2O4S2/c1-17(2)16(19)22-14-23-18(3)24(20,21)15-12-10-8-6-4-5-7-9-11-13-15/h15H,4-14H2,1-3H3. The van der Waals surface area contributed by atoms with Crippen LogP contribution >= 0.6 is 11.9 Å². The highest BCUT2D eigenvalue weighted by Gasteiger charge is 2.29. The van der Waals surface area contributed by atoms with Crippen molar-refractivity contribution in [3.63, 3.8) is 0 Å². The van der Waals surface area contributed by atoms with Gasteiger partial charge in [-0.2, -0.15) is 0 Å². The molecule has 0 aromatic carbocycles. The van der Waals surface area contributed by atoms with Crippen molar-refractivity contribution in [2.45, 2.75) is 69.5 Å². The van der Waals surface area contributed by atoms with E-state index in [4.69, 9.17) is 4.74 Å². The van der Waals surface area contributed by atoms with Crippen molar-refractivity contribution in [3.8, 4) is 0 Å². The van der Waals surface area contributed by atoms with E-state index >= 15 is 0 Å². The largest absolute Gasteiger partial charge is 0.437 e. The van der Waals surface area contributed by atoms with Gasteiger partial charge in [-0.3, -0.25) is 0 Å². The number of rotatable bonds is 5. The number of hydrogen-bond donors (Lipinski definition) is 0. The van der Waals surface area contributed by atoms with Crippen molar-refractivity contribution in [1.82, 2.24) is 8.61 Å². The van der Waals surface area contributed by atoms with Crippen LogP contribution in [-0.4, -0.2) is 55.5 Å². The second-order valence-corrected chi connectivity index (χ2v) is 10.1. The Bertz CT molecular complexity index is 457. The molecule has 1 amide bonds. The Morgan fingerprint density at radius 1 is 0.958 bits per heavy atom. The fraction of sp³-hybridized carbons (Fsp3) is 0.938. The van der Waals surface area contributed by atoms with Crippen LogP contribution in [0.2, 0.25) is 0 Å². The first-order valence-electron chi connectivity index (χ1n) is 8.80. The highest BCUT2D eigenvalue weighted by Crippen LogP contribution is 2.26. The Hall–Kier alpha value is -0.470. The average Bonchev–Trinajstić information content (AvgIpc) is 2.59. The van der Waals surface area contributed by atoms with Crippen LogP contribution in [-0.2, 0) is 14.8 Å². The van der Waals surface area contributed by atoms with Gasteiger partial charge in [-0.15, -0.1) is 3.71 Å². The lowest BCUT2D eigenvalue weighted by Crippen LogP contribution is -2.33. The number of ether oxygens (including phenoxy) is 1. The summed E-state index contributed by atoms with van der Waals surface area (Å²) < 4.78 is 31.9. The van der Waals surface area contributed by atoms with Crippen LogP contribution in [0.15, 0.2) is 0 Å². The molecule has 1 aliphatic rings. The summed E-state index contributed by atoms with van der Waals surface area (Å²) >= 11 is 1.02. The summed E-state index contributed by atoms with van der Waals surface area (Å²) in [5.41, 5.74) is 0. The van der Waals surface area contributed by atoms with Gasteiger partial charge in [0, 0.05) is 21.1 Å². The van der Waals surface area contributed by atoms with Gasteiger partial charge in [-0.1, -0.05) is 51.4 Å². The Morgan fingerprint density at radius 2 is 1.42 bits per heavy atom. The van der Waals surface area contributed by atoms with Crippen LogP contribution in [0.3, 0.4) is 0 Å². The zero-order chi connectivity index (χ0) is 18.0. The van der Waals surface area contributed by atoms with E-state index in [1.807, 2.05) is 0 Å². The van der Waals surface area contributed by atoms with E-state index in [2.05, 4.69) is 0 Å². The number of carbonyl (C=O) groups is 1. The Labute approximate surface area is 151 Å². The van der Waals surface area contributed by atoms with Crippen LogP contribution < -0.4 is 0 Å². The Morgan fingerprint density at radius 3 is 1.88 bits per heavy atom. The van der Waals surface area contributed by atoms with Crippen molar-refractivity contribution in [3.05, 3.63) is 0 Å². The molecule has 1 aliphatic carbocycles. The number of hydrogen-bond acceptors (Lipinski definition) is 5. The topological polar surface area (TPSA) is 66.9 Å². The highest BCUT2D eigenvalue weighted by atomic mass is 32.3. The molecule has 0 aromatic heterocycles. The number of amides is 1. The van der Waals surface area contributed by atoms with Crippen LogP contribution in [0.25, 0.3) is 0 Å². The molecule has 24 heavy (non-hydrogen) atoms. The minimum Gasteiger partial charge on any atom is -0.437 e. The first-order chi connectivity index (χ1) is 11.4. The Kier molecular flexibility index (Phi) is 10.1. The van der Waals surface area contributed by atoms with Crippen molar-refractivity contribution in [2.75, 3.05) is 27.1 Å². The van der Waals surface area contributed by atoms with E-state index in [0.29, 0.717) is 0 Å². The molecule has 1 fully saturated rings. The quantitative estimate of drug-likeness (QED) is 0.535. The van der Waals surface area contributed by atoms with Gasteiger partial charge < -0.3 is 9.64 Å². The molecule has 0 heterocycles. The van der Waals surface area contributed by atoms with Crippen LogP contribution in [0.1, 0.15) is 64.2 Å². The molecule has 0 radical (unpaired) electrons. The summed E-state index contributed by atoms with van der Waals surface area (Å²) in [7, 11) is 1.37. The molecule has 0 atom stereocenters. The number of nitrogens with zero attached hydrogens (tertiary/aromatic N) is 2. The van der Waals surface area contributed by atoms with E-state index in [0.717, 1.165) is 50.5 Å². The zero-order valence-corrected chi connectivity index (χ0v) is 16.8. The van der Waals surface area contributed by atoms with Gasteiger partial charge in [0.2, 0.25) is 10.0 Å². The van der Waals surface area contributed by atoms with Crippen molar-refractivity contribution in [2.24, 2.45) is 0 Å². The van der Waals surface area contributed by atoms with Crippen LogP contribution in [0.4, 0.5) is 4.79 Å². The fourth-order valence-electron chi connectivity index (χ4n) is 2.81. The molecule has 142 valence electrons. The molecule has 6 nitrogen and oxygen atoms in total. The summed E-state index contributed by atoms with van der Waals surface area (Å²) in [6.45, 7) is 0. The van der Waals surface area contributed by atoms with Gasteiger partial charge in [-0.05, 0) is 24.8 Å². The predicted molar refractivity (Wildman–Crippen MR) is 99.3 cm³/mol. The third-order valence-corrected chi connectivity index (χ3v) is 7.92. The minimum absolute atomic E-state index is 0.000532. The summed E-state index contributed by atoms with van der Waals surface area (Å²) in [4.78, 5) is 12.7. The predicted octanol–water partition coefficient (Wildman–Crippen LogP) is 3.84. The summed E-state index contributed by atoms with van der Waals surface area (Å²) in [6.07, 6.45) is 10.1. The first kappa shape index (κ1) is 21.6. The summed E-state index contributed by atoms with van der Waals surface area (Å²) in [5.74, 6) is -0.000532. The molecule has 0 saturated heterocycles. The van der Waals surface area contributed by atoms with Gasteiger partial charge in [0.25, 0.3) is 0 Å².